The monoisotopic (exact) mass is 1180 g/mol. The zero-order chi connectivity index (χ0) is 61.7. The number of phenolic OH excluding ortho intramolecular Hbond substituents is 1. The van der Waals surface area contributed by atoms with Crippen LogP contribution in [0.4, 0.5) is 0 Å². The third kappa shape index (κ3) is 21.1. The number of aliphatic hydroxyl groups is 7. The van der Waals surface area contributed by atoms with Crippen LogP contribution in [0.3, 0.4) is 0 Å². The largest absolute Gasteiger partial charge is 0.508 e. The molecule has 17 atom stereocenters. The van der Waals surface area contributed by atoms with Crippen LogP contribution in [-0.2, 0) is 43.1 Å². The lowest BCUT2D eigenvalue weighted by Crippen LogP contribution is -2.64. The summed E-state index contributed by atoms with van der Waals surface area (Å²) in [7, 11) is 0. The van der Waals surface area contributed by atoms with Crippen molar-refractivity contribution in [1.82, 2.24) is 41.7 Å². The number of hydrogen-bond donors (Lipinski definition) is 17. The Kier molecular flexibility index (Phi) is 28.9. The molecule has 1 aromatic rings. The Labute approximate surface area is 484 Å². The minimum Gasteiger partial charge on any atom is -0.508 e. The number of carbonyl (C=O) groups is 8. The summed E-state index contributed by atoms with van der Waals surface area (Å²) < 4.78 is 5.73. The van der Waals surface area contributed by atoms with Gasteiger partial charge in [0.15, 0.2) is 6.23 Å². The third-order valence-electron chi connectivity index (χ3n) is 15.6. The van der Waals surface area contributed by atoms with Gasteiger partial charge in [-0.15, -0.1) is 0 Å². The van der Waals surface area contributed by atoms with Crippen LogP contribution < -0.4 is 49.1 Å². The van der Waals surface area contributed by atoms with Crippen molar-refractivity contribution in [3.8, 4) is 5.75 Å². The number of benzene rings is 1. The summed E-state index contributed by atoms with van der Waals surface area (Å²) in [4.78, 5) is 115. The summed E-state index contributed by atoms with van der Waals surface area (Å²) in [5.41, 5.74) is 16.9. The van der Waals surface area contributed by atoms with Crippen molar-refractivity contribution in [3.63, 3.8) is 0 Å². The number of fused-ring (bicyclic) bond motifs is 3. The summed E-state index contributed by atoms with van der Waals surface area (Å²) >= 11 is 0. The van der Waals surface area contributed by atoms with Crippen molar-refractivity contribution in [1.29, 1.82) is 0 Å². The van der Waals surface area contributed by atoms with E-state index in [-0.39, 0.29) is 44.0 Å². The van der Waals surface area contributed by atoms with E-state index in [0.29, 0.717) is 24.7 Å². The van der Waals surface area contributed by atoms with E-state index >= 15 is 0 Å². The quantitative estimate of drug-likeness (QED) is 0.0388. The predicted octanol–water partition coefficient (Wildman–Crippen LogP) is -4.58. The van der Waals surface area contributed by atoms with E-state index in [9.17, 15) is 79.2 Å². The van der Waals surface area contributed by atoms with Crippen molar-refractivity contribution in [2.45, 2.75) is 196 Å². The fourth-order valence-electron chi connectivity index (χ4n) is 10.5. The van der Waals surface area contributed by atoms with Crippen LogP contribution in [0.25, 0.3) is 0 Å². The lowest BCUT2D eigenvalue weighted by Gasteiger charge is -2.34. The summed E-state index contributed by atoms with van der Waals surface area (Å²) in [6.07, 6.45) is -7.90. The summed E-state index contributed by atoms with van der Waals surface area (Å²) in [6, 6.07) is -6.18. The molecular weight excluding hydrogens is 1090 g/mol. The molecule has 28 heteroatoms. The van der Waals surface area contributed by atoms with E-state index < -0.39 is 177 Å². The van der Waals surface area contributed by atoms with Crippen molar-refractivity contribution in [3.05, 3.63) is 29.8 Å². The smallest absolute Gasteiger partial charge is 0.248 e. The van der Waals surface area contributed by atoms with Gasteiger partial charge in [0.05, 0.1) is 43.0 Å². The topological polar surface area (TPSA) is 464 Å². The predicted molar refractivity (Wildman–Crippen MR) is 299 cm³/mol. The maximum atomic E-state index is 14.6. The van der Waals surface area contributed by atoms with Crippen LogP contribution in [0.15, 0.2) is 24.3 Å². The molecule has 3 saturated heterocycles. The molecular formula is C55H93N11O17. The van der Waals surface area contributed by atoms with E-state index in [1.807, 2.05) is 0 Å². The molecule has 3 fully saturated rings. The summed E-state index contributed by atoms with van der Waals surface area (Å²) in [5.74, 6) is -8.87. The number of amides is 8. The minimum absolute atomic E-state index is 0.0523. The first-order valence-electron chi connectivity index (χ1n) is 29.0. The number of nitrogens with two attached hydrogens (primary N) is 3. The molecule has 8 amide bonds. The van der Waals surface area contributed by atoms with Gasteiger partial charge in [-0.05, 0) is 55.7 Å². The Balaban J connectivity index is 1.74. The molecule has 3 aliphatic heterocycles. The number of ether oxygens (including phenoxy) is 1. The van der Waals surface area contributed by atoms with Crippen molar-refractivity contribution in [2.24, 2.45) is 35.0 Å². The maximum absolute atomic E-state index is 14.6. The number of nitrogens with one attached hydrogen (secondary N) is 6. The summed E-state index contributed by atoms with van der Waals surface area (Å²) in [5, 5.41) is 104. The number of rotatable bonds is 26. The fraction of sp³-hybridized carbons (Fsp3) is 0.745. The zero-order valence-corrected chi connectivity index (χ0v) is 48.1. The molecule has 0 radical (unpaired) electrons. The Morgan fingerprint density at radius 2 is 1.37 bits per heavy atom. The van der Waals surface area contributed by atoms with Crippen LogP contribution >= 0.6 is 0 Å². The van der Waals surface area contributed by atoms with E-state index in [1.165, 1.54) is 18.6 Å². The van der Waals surface area contributed by atoms with E-state index in [1.54, 1.807) is 0 Å². The molecule has 3 heterocycles. The lowest BCUT2D eigenvalue weighted by molar-refractivity contribution is -0.147. The maximum Gasteiger partial charge on any atom is 0.248 e. The van der Waals surface area contributed by atoms with E-state index in [2.05, 4.69) is 52.7 Å². The van der Waals surface area contributed by atoms with Crippen molar-refractivity contribution in [2.75, 3.05) is 45.9 Å². The number of unbranched alkanes of at least 4 members (excludes halogenated alkanes) is 5. The normalized spacial score (nSPS) is 27.7. The van der Waals surface area contributed by atoms with Gasteiger partial charge >= 0.3 is 0 Å². The first kappa shape index (κ1) is 69.8. The molecule has 0 saturated carbocycles. The highest BCUT2D eigenvalue weighted by Crippen LogP contribution is 2.27. The van der Waals surface area contributed by atoms with E-state index in [0.717, 1.165) is 67.4 Å². The van der Waals surface area contributed by atoms with Crippen molar-refractivity contribution < 1.29 is 83.9 Å². The van der Waals surface area contributed by atoms with Crippen LogP contribution in [-0.4, -0.2) is 223 Å². The highest BCUT2D eigenvalue weighted by Gasteiger charge is 2.48. The number of nitrogens with zero attached hydrogens (tertiary/aromatic N) is 2. The second-order valence-electron chi connectivity index (χ2n) is 22.6. The number of hydrogen-bond acceptors (Lipinski definition) is 20. The molecule has 3 aliphatic rings. The first-order chi connectivity index (χ1) is 39.3. The van der Waals surface area contributed by atoms with E-state index in [4.69, 9.17) is 21.9 Å². The molecule has 20 N–H and O–H groups in total. The molecule has 0 aliphatic carbocycles. The van der Waals surface area contributed by atoms with Gasteiger partial charge in [0.25, 0.3) is 0 Å². The Morgan fingerprint density at radius 1 is 0.735 bits per heavy atom. The molecule has 2 bridgehead atoms. The van der Waals surface area contributed by atoms with Gasteiger partial charge in [0.2, 0.25) is 47.3 Å². The highest BCUT2D eigenvalue weighted by molar-refractivity contribution is 5.97. The Bertz CT molecular complexity index is 2270. The molecule has 0 aromatic heterocycles. The Morgan fingerprint density at radius 3 is 2.01 bits per heavy atom. The zero-order valence-electron chi connectivity index (χ0n) is 48.1. The van der Waals surface area contributed by atoms with Gasteiger partial charge in [-0.25, -0.2) is 0 Å². The molecule has 5 unspecified atom stereocenters. The van der Waals surface area contributed by atoms with Gasteiger partial charge in [-0.2, -0.15) is 0 Å². The second-order valence-corrected chi connectivity index (χ2v) is 22.6. The van der Waals surface area contributed by atoms with Crippen LogP contribution in [0.1, 0.15) is 123 Å². The van der Waals surface area contributed by atoms with Crippen LogP contribution in [0, 0.1) is 17.8 Å². The van der Waals surface area contributed by atoms with Crippen LogP contribution in [0.2, 0.25) is 0 Å². The molecule has 470 valence electrons. The number of carbonyl (C=O) groups excluding carboxylic acids is 8. The van der Waals surface area contributed by atoms with Gasteiger partial charge in [-0.3, -0.25) is 38.4 Å². The number of aromatic hydroxyl groups is 1. The van der Waals surface area contributed by atoms with Gasteiger partial charge in [0.1, 0.15) is 54.3 Å². The van der Waals surface area contributed by atoms with Crippen molar-refractivity contribution >= 4 is 47.3 Å². The number of phenols is 1. The minimum atomic E-state index is -2.33. The SMILES string of the molecule is CCC(C)CC(C)CCCCCCCCC(=O)NC1C[C@@H](O)[C@@H](OCCN)NC(=O)C2CN(C[C@@H]2O)C(=O)[C@H]([C@H](O)CCNC(=O)[C@@H](N)CN)NC(=O)[C@H]([C@H](O)[C@@H](O)c2ccc(O)cc2)NC(=O)C2C[C@@H](O)CN2C(=O)[C@H]([C@@H](C)O)NC1=O. The lowest BCUT2D eigenvalue weighted by atomic mass is 9.91. The summed E-state index contributed by atoms with van der Waals surface area (Å²) in [6.45, 7) is 5.04. The molecule has 83 heavy (non-hydrogen) atoms. The third-order valence-corrected chi connectivity index (χ3v) is 15.6. The molecule has 1 aromatic carbocycles. The number of aliphatic hydroxyl groups excluding tert-OH is 7. The average molecular weight is 1180 g/mol. The first-order valence-corrected chi connectivity index (χ1v) is 29.0. The molecule has 4 rings (SSSR count). The second kappa shape index (κ2) is 34.3. The standard InChI is InChI=1S/C55H93N11O17/c1-5-29(2)22-30(3)12-10-8-6-7-9-11-13-42(73)60-37-24-40(71)53(83-21-19-56)64-48(76)35-27-65(28-41(35)72)54(81)44(39(70)18-20-59-49(77)36(58)25-57)62-52(80)45(47(75)46(74)32-14-16-33(68)17-15-32)63-51(79)38-23-34(69)26-66(38)55(82)43(31(4)67)61-50(37)78/h14-17,29-31,34-41,43-47,53,67-72,74-75H,5-13,18-28,56-58H2,1-4H3,(H,59,77)(H,60,73)(H,61,78)(H,62,80)(H,63,79)(H,64,76)/t29?,30?,31-,34-,35?,36+,37?,38?,39-,40-,41+,43+,44+,45+,46+,47+,53-/m1/s1. The van der Waals surface area contributed by atoms with Crippen LogP contribution in [0.5, 0.6) is 5.75 Å². The highest BCUT2D eigenvalue weighted by atomic mass is 16.5. The average Bonchev–Trinajstić information content (AvgIpc) is 3.94. The molecule has 0 spiro atoms. The molecule has 28 nitrogen and oxygen atoms in total. The van der Waals surface area contributed by atoms with Gasteiger partial charge in [-0.1, -0.05) is 77.8 Å². The van der Waals surface area contributed by atoms with Gasteiger partial charge < -0.3 is 104 Å². The fourth-order valence-corrected chi connectivity index (χ4v) is 10.5. The van der Waals surface area contributed by atoms with Gasteiger partial charge in [0, 0.05) is 58.5 Å². The Hall–Kier alpha value is -5.66.